The number of carbonyl (C=O) groups is 4. The van der Waals surface area contributed by atoms with Crippen molar-refractivity contribution in [3.63, 3.8) is 0 Å². The van der Waals surface area contributed by atoms with E-state index in [1.165, 1.54) is 0 Å². The minimum Gasteiger partial charge on any atom is -0.481 e. The topological polar surface area (TPSA) is 101 Å². The van der Waals surface area contributed by atoms with Gasteiger partial charge in [0.25, 0.3) is 0 Å². The van der Waals surface area contributed by atoms with Crippen LogP contribution in [0.3, 0.4) is 0 Å². The number of carboxylic acids is 1. The van der Waals surface area contributed by atoms with Crippen LogP contribution in [0.15, 0.2) is 0 Å². The first kappa shape index (κ1) is 22.1. The summed E-state index contributed by atoms with van der Waals surface area (Å²) in [5.74, 6) is -3.17. The highest BCUT2D eigenvalue weighted by Crippen LogP contribution is 2.15. The maximum Gasteiger partial charge on any atom is 0.329 e. The van der Waals surface area contributed by atoms with Gasteiger partial charge in [0.1, 0.15) is 6.04 Å². The number of hydrogen-bond acceptors (Lipinski definition) is 5. The first-order valence-corrected chi connectivity index (χ1v) is 8.53. The number of carbonyl (C=O) groups excluding carboxylic acids is 3. The van der Waals surface area contributed by atoms with Crippen molar-refractivity contribution >= 4 is 23.8 Å². The average molecular weight is 343 g/mol. The van der Waals surface area contributed by atoms with E-state index in [1.54, 1.807) is 0 Å². The highest BCUT2D eigenvalue weighted by Gasteiger charge is 2.36. The van der Waals surface area contributed by atoms with Crippen LogP contribution in [0.1, 0.15) is 71.6 Å². The van der Waals surface area contributed by atoms with Crippen molar-refractivity contribution in [1.82, 2.24) is 4.90 Å². The van der Waals surface area contributed by atoms with Crippen molar-refractivity contribution in [1.29, 1.82) is 0 Å². The minimum atomic E-state index is -1.41. The van der Waals surface area contributed by atoms with E-state index in [4.69, 9.17) is 5.11 Å². The normalized spacial score (nSPS) is 11.6. The second kappa shape index (κ2) is 12.5. The molecule has 2 amide bonds. The van der Waals surface area contributed by atoms with Gasteiger partial charge in [0.15, 0.2) is 0 Å². The first-order valence-electron chi connectivity index (χ1n) is 8.53. The smallest absolute Gasteiger partial charge is 0.329 e. The largest absolute Gasteiger partial charge is 0.481 e. The van der Waals surface area contributed by atoms with Crippen molar-refractivity contribution in [2.24, 2.45) is 0 Å². The average Bonchev–Trinajstić information content (AvgIpc) is 2.53. The van der Waals surface area contributed by atoms with Crippen LogP contribution in [0.4, 0.5) is 0 Å². The van der Waals surface area contributed by atoms with Gasteiger partial charge in [-0.2, -0.15) is 0 Å². The Balaban J connectivity index is 5.28. The van der Waals surface area contributed by atoms with Gasteiger partial charge in [0, 0.05) is 12.8 Å². The number of carboxylic acid groups (broad SMARTS) is 1. The molecule has 1 atom stereocenters. The number of nitrogens with zero attached hydrogens (tertiary/aromatic N) is 1. The molecule has 0 aromatic carbocycles. The number of methoxy groups -OCH3 is 1. The second-order valence-corrected chi connectivity index (χ2v) is 5.71. The van der Waals surface area contributed by atoms with E-state index in [9.17, 15) is 19.2 Å². The number of esters is 1. The fourth-order valence-electron chi connectivity index (χ4n) is 2.36. The van der Waals surface area contributed by atoms with Crippen LogP contribution in [0.25, 0.3) is 0 Å². The first-order chi connectivity index (χ1) is 11.4. The second-order valence-electron chi connectivity index (χ2n) is 5.71. The number of unbranched alkanes of at least 4 members (excludes halogenated alkanes) is 4. The van der Waals surface area contributed by atoms with Gasteiger partial charge in [-0.15, -0.1) is 0 Å². The molecule has 0 saturated carbocycles. The Bertz CT molecular complexity index is 413. The lowest BCUT2D eigenvalue weighted by molar-refractivity contribution is -0.162. The molecule has 0 fully saturated rings. The summed E-state index contributed by atoms with van der Waals surface area (Å²) >= 11 is 0. The third-order valence-electron chi connectivity index (χ3n) is 3.68. The molecule has 0 bridgehead atoms. The molecule has 1 unspecified atom stereocenters. The van der Waals surface area contributed by atoms with Gasteiger partial charge in [-0.25, -0.2) is 4.79 Å². The quantitative estimate of drug-likeness (QED) is 0.431. The maximum atomic E-state index is 12.4. The zero-order valence-corrected chi connectivity index (χ0v) is 14.9. The SMILES string of the molecule is CCCCCC(=O)N(C(=O)CCCCC)C(CC(=O)O)C(=O)OC. The maximum absolute atomic E-state index is 12.4. The van der Waals surface area contributed by atoms with Crippen molar-refractivity contribution in [3.05, 3.63) is 0 Å². The fraction of sp³-hybridized carbons (Fsp3) is 0.765. The number of rotatable bonds is 12. The van der Waals surface area contributed by atoms with E-state index >= 15 is 0 Å². The van der Waals surface area contributed by atoms with Gasteiger partial charge in [-0.3, -0.25) is 19.3 Å². The van der Waals surface area contributed by atoms with Gasteiger partial charge < -0.3 is 9.84 Å². The number of hydrogen-bond donors (Lipinski definition) is 1. The molecule has 0 aliphatic carbocycles. The van der Waals surface area contributed by atoms with E-state index in [-0.39, 0.29) is 12.8 Å². The molecular formula is C17H29NO6. The molecule has 0 aliphatic rings. The van der Waals surface area contributed by atoms with Crippen LogP contribution in [0, 0.1) is 0 Å². The number of aliphatic carboxylic acids is 1. The van der Waals surface area contributed by atoms with Crippen molar-refractivity contribution in [2.45, 2.75) is 77.7 Å². The zero-order chi connectivity index (χ0) is 18.5. The van der Waals surface area contributed by atoms with Gasteiger partial charge in [-0.1, -0.05) is 39.5 Å². The monoisotopic (exact) mass is 343 g/mol. The van der Waals surface area contributed by atoms with Gasteiger partial charge in [0.2, 0.25) is 11.8 Å². The number of ether oxygens (including phenoxy) is 1. The van der Waals surface area contributed by atoms with E-state index < -0.39 is 36.2 Å². The molecule has 0 aromatic rings. The Morgan fingerprint density at radius 2 is 1.38 bits per heavy atom. The van der Waals surface area contributed by atoms with E-state index in [0.717, 1.165) is 37.7 Å². The number of imide groups is 1. The van der Waals surface area contributed by atoms with E-state index in [2.05, 4.69) is 4.74 Å². The zero-order valence-electron chi connectivity index (χ0n) is 14.9. The third kappa shape index (κ3) is 8.08. The third-order valence-corrected chi connectivity index (χ3v) is 3.68. The molecule has 24 heavy (non-hydrogen) atoms. The Kier molecular flexibility index (Phi) is 11.5. The van der Waals surface area contributed by atoms with Crippen molar-refractivity contribution in [2.75, 3.05) is 7.11 Å². The van der Waals surface area contributed by atoms with Crippen LogP contribution >= 0.6 is 0 Å². The molecule has 0 aromatic heterocycles. The summed E-state index contributed by atoms with van der Waals surface area (Å²) in [4.78, 5) is 48.7. The molecule has 0 spiro atoms. The molecule has 1 N–H and O–H groups in total. The summed E-state index contributed by atoms with van der Waals surface area (Å²) in [6, 6.07) is -1.41. The predicted octanol–water partition coefficient (Wildman–Crippen LogP) is 2.52. The van der Waals surface area contributed by atoms with E-state index in [1.807, 2.05) is 13.8 Å². The molecule has 7 nitrogen and oxygen atoms in total. The van der Waals surface area contributed by atoms with Crippen LogP contribution in [0.5, 0.6) is 0 Å². The standard InChI is InChI=1S/C17H29NO6/c1-4-6-8-10-14(19)18(15(20)11-9-7-5-2)13(12-16(21)22)17(23)24-3/h13H,4-12H2,1-3H3,(H,21,22). The lowest BCUT2D eigenvalue weighted by Crippen LogP contribution is -2.50. The Morgan fingerprint density at radius 3 is 1.71 bits per heavy atom. The van der Waals surface area contributed by atoms with E-state index in [0.29, 0.717) is 12.8 Å². The van der Waals surface area contributed by atoms with Crippen LogP contribution in [0.2, 0.25) is 0 Å². The number of amides is 2. The summed E-state index contributed by atoms with van der Waals surface area (Å²) in [5.41, 5.74) is 0. The Morgan fingerprint density at radius 1 is 0.917 bits per heavy atom. The van der Waals surface area contributed by atoms with Crippen molar-refractivity contribution < 1.29 is 29.0 Å². The van der Waals surface area contributed by atoms with Crippen LogP contribution in [-0.4, -0.2) is 46.9 Å². The molecule has 0 saturated heterocycles. The van der Waals surface area contributed by atoms with Crippen LogP contribution < -0.4 is 0 Å². The summed E-state index contributed by atoms with van der Waals surface area (Å²) in [6.07, 6.45) is 4.23. The molecule has 0 aliphatic heterocycles. The lowest BCUT2D eigenvalue weighted by Gasteiger charge is -2.27. The minimum absolute atomic E-state index is 0.112. The summed E-state index contributed by atoms with van der Waals surface area (Å²) < 4.78 is 4.60. The predicted molar refractivity (Wildman–Crippen MR) is 88.2 cm³/mol. The van der Waals surface area contributed by atoms with Gasteiger partial charge in [-0.05, 0) is 12.8 Å². The Labute approximate surface area is 143 Å². The fourth-order valence-corrected chi connectivity index (χ4v) is 2.36. The van der Waals surface area contributed by atoms with Crippen LogP contribution in [-0.2, 0) is 23.9 Å². The lowest BCUT2D eigenvalue weighted by atomic mass is 10.1. The van der Waals surface area contributed by atoms with Gasteiger partial charge >= 0.3 is 11.9 Å². The van der Waals surface area contributed by atoms with Gasteiger partial charge in [0.05, 0.1) is 13.5 Å². The molecular weight excluding hydrogens is 314 g/mol. The molecule has 0 rings (SSSR count). The molecule has 7 heteroatoms. The molecule has 0 radical (unpaired) electrons. The summed E-state index contributed by atoms with van der Waals surface area (Å²) in [7, 11) is 1.11. The molecule has 138 valence electrons. The van der Waals surface area contributed by atoms with Crippen molar-refractivity contribution in [3.8, 4) is 0 Å². The summed E-state index contributed by atoms with van der Waals surface area (Å²) in [5, 5.41) is 9.01. The Hall–Kier alpha value is -1.92. The highest BCUT2D eigenvalue weighted by atomic mass is 16.5. The summed E-state index contributed by atoms with van der Waals surface area (Å²) in [6.45, 7) is 3.97. The molecule has 0 heterocycles. The highest BCUT2D eigenvalue weighted by molar-refractivity contribution is 6.00.